The number of hydrogen-bond donors (Lipinski definition) is 3. The van der Waals surface area contributed by atoms with Gasteiger partial charge in [-0.15, -0.1) is 0 Å². The van der Waals surface area contributed by atoms with Crippen LogP contribution in [0.2, 0.25) is 0 Å². The van der Waals surface area contributed by atoms with Gasteiger partial charge in [-0.1, -0.05) is 26.0 Å². The molecule has 1 aliphatic heterocycles. The minimum Gasteiger partial charge on any atom is -0.468 e. The standard InChI is InChI=1S/C22H22F3N7O.C20H19F3N6O/c23-22(24,25)11-33-17-4-2-14-9-15(1-3-16(14)30-17)19-18-20(26)28-12-29-21(18)32(31-19)10-13-5-7-27-8-6-13;1-11(2)8-29-19-16(18(24)25-10-26-19)17(28-29)13-3-5-14-12(7-13)4-6-15(27-14)30-9-20(21,22)23/h1-4,9,12-13,27H,5-8,10-11H2,(H2,26,28,29);3-7,10-11H,8-9H2,1-2H3,(H2,24,25,26). The van der Waals surface area contributed by atoms with Gasteiger partial charge in [-0.25, -0.2) is 39.3 Å². The van der Waals surface area contributed by atoms with Gasteiger partial charge >= 0.3 is 12.4 Å². The summed E-state index contributed by atoms with van der Waals surface area (Å²) in [5.41, 5.74) is 17.6. The zero-order chi connectivity index (χ0) is 44.5. The molecule has 21 heteroatoms. The molecule has 2 aromatic carbocycles. The lowest BCUT2D eigenvalue weighted by Crippen LogP contribution is -2.30. The van der Waals surface area contributed by atoms with Crippen molar-refractivity contribution >= 4 is 55.5 Å². The maximum atomic E-state index is 12.4. The topological polar surface area (TPSA) is 196 Å². The molecular weight excluding hydrogens is 833 g/mol. The molecule has 0 bridgehead atoms. The first-order valence-corrected chi connectivity index (χ1v) is 19.9. The number of aromatic nitrogens is 10. The van der Waals surface area contributed by atoms with Crippen LogP contribution >= 0.6 is 0 Å². The largest absolute Gasteiger partial charge is 0.468 e. The average molecular weight is 874 g/mol. The van der Waals surface area contributed by atoms with Crippen LogP contribution in [-0.4, -0.2) is 88.1 Å². The summed E-state index contributed by atoms with van der Waals surface area (Å²) in [4.78, 5) is 25.3. The number of nitrogens with one attached hydrogen (secondary N) is 1. The fourth-order valence-electron chi connectivity index (χ4n) is 7.35. The highest BCUT2D eigenvalue weighted by molar-refractivity contribution is 6.01. The third-order valence-electron chi connectivity index (χ3n) is 10.2. The third-order valence-corrected chi connectivity index (χ3v) is 10.2. The SMILES string of the molecule is CC(C)Cn1nc(-c2ccc3nc(OCC(F)(F)F)ccc3c2)c2c(N)ncnc21.Nc1ncnc2c1c(-c1ccc3nc(OCC(F)(F)F)ccc3c1)nn2CC1CCNCC1. The van der Waals surface area contributed by atoms with Gasteiger partial charge in [-0.3, -0.25) is 0 Å². The molecule has 0 saturated carbocycles. The molecule has 9 rings (SSSR count). The number of halogens is 6. The van der Waals surface area contributed by atoms with E-state index in [9.17, 15) is 26.3 Å². The van der Waals surface area contributed by atoms with E-state index >= 15 is 0 Å². The summed E-state index contributed by atoms with van der Waals surface area (Å²) in [6, 6.07) is 16.9. The van der Waals surface area contributed by atoms with Crippen molar-refractivity contribution in [2.24, 2.45) is 11.8 Å². The number of pyridine rings is 2. The minimum absolute atomic E-state index is 0.0816. The second kappa shape index (κ2) is 17.5. The first kappa shape index (κ1) is 42.8. The summed E-state index contributed by atoms with van der Waals surface area (Å²) in [6.45, 7) is 4.77. The van der Waals surface area contributed by atoms with Crippen molar-refractivity contribution in [2.45, 2.75) is 52.1 Å². The van der Waals surface area contributed by atoms with Crippen molar-refractivity contribution in [1.29, 1.82) is 0 Å². The molecule has 0 unspecified atom stereocenters. The van der Waals surface area contributed by atoms with E-state index < -0.39 is 25.6 Å². The lowest BCUT2D eigenvalue weighted by atomic mass is 9.98. The van der Waals surface area contributed by atoms with Crippen molar-refractivity contribution < 1.29 is 35.8 Å². The molecule has 8 aromatic rings. The molecule has 0 spiro atoms. The van der Waals surface area contributed by atoms with Gasteiger partial charge in [0.2, 0.25) is 11.8 Å². The van der Waals surface area contributed by atoms with E-state index in [-0.39, 0.29) is 11.8 Å². The summed E-state index contributed by atoms with van der Waals surface area (Å²) in [5, 5.41) is 15.7. The van der Waals surface area contributed by atoms with E-state index in [0.29, 0.717) is 74.5 Å². The fraction of sp³-hybridized carbons (Fsp3) is 0.333. The van der Waals surface area contributed by atoms with Crippen LogP contribution < -0.4 is 26.3 Å². The van der Waals surface area contributed by atoms with Crippen LogP contribution in [0.25, 0.3) is 66.4 Å². The van der Waals surface area contributed by atoms with Crippen molar-refractivity contribution in [3.05, 3.63) is 73.3 Å². The lowest BCUT2D eigenvalue weighted by molar-refractivity contribution is -0.154. The van der Waals surface area contributed by atoms with Crippen LogP contribution in [0.4, 0.5) is 38.0 Å². The smallest absolute Gasteiger partial charge is 0.422 e. The Labute approximate surface area is 354 Å². The quantitative estimate of drug-likeness (QED) is 0.113. The fourth-order valence-corrected chi connectivity index (χ4v) is 7.35. The number of anilines is 2. The Balaban J connectivity index is 0.000000174. The number of piperidine rings is 1. The summed E-state index contributed by atoms with van der Waals surface area (Å²) in [6.07, 6.45) is -3.86. The Morgan fingerprint density at radius 3 is 1.62 bits per heavy atom. The monoisotopic (exact) mass is 873 g/mol. The van der Waals surface area contributed by atoms with Gasteiger partial charge in [-0.05, 0) is 74.2 Å². The molecule has 5 N–H and O–H groups in total. The Hall–Kier alpha value is -6.90. The normalized spacial score (nSPS) is 13.9. The molecule has 15 nitrogen and oxygen atoms in total. The van der Waals surface area contributed by atoms with E-state index in [0.717, 1.165) is 54.4 Å². The van der Waals surface area contributed by atoms with Crippen LogP contribution in [0.15, 0.2) is 73.3 Å². The van der Waals surface area contributed by atoms with Crippen molar-refractivity contribution in [3.8, 4) is 34.3 Å². The highest BCUT2D eigenvalue weighted by Gasteiger charge is 2.30. The second-order valence-corrected chi connectivity index (χ2v) is 15.5. The molecule has 63 heavy (non-hydrogen) atoms. The summed E-state index contributed by atoms with van der Waals surface area (Å²) in [7, 11) is 0. The summed E-state index contributed by atoms with van der Waals surface area (Å²) >= 11 is 0. The van der Waals surface area contributed by atoms with E-state index in [4.69, 9.17) is 31.1 Å². The zero-order valence-corrected chi connectivity index (χ0v) is 34.0. The number of fused-ring (bicyclic) bond motifs is 4. The predicted octanol–water partition coefficient (Wildman–Crippen LogP) is 7.79. The van der Waals surface area contributed by atoms with Gasteiger partial charge in [0.05, 0.1) is 21.8 Å². The minimum atomic E-state index is -4.42. The van der Waals surface area contributed by atoms with Gasteiger partial charge in [0.25, 0.3) is 0 Å². The van der Waals surface area contributed by atoms with Crippen LogP contribution in [-0.2, 0) is 13.1 Å². The maximum Gasteiger partial charge on any atom is 0.422 e. The van der Waals surface area contributed by atoms with E-state index in [1.54, 1.807) is 30.3 Å². The predicted molar refractivity (Wildman–Crippen MR) is 224 cm³/mol. The summed E-state index contributed by atoms with van der Waals surface area (Å²) in [5.74, 6) is 1.36. The summed E-state index contributed by atoms with van der Waals surface area (Å²) < 4.78 is 87.5. The Morgan fingerprint density at radius 1 is 0.667 bits per heavy atom. The van der Waals surface area contributed by atoms with Crippen molar-refractivity contribution in [2.75, 3.05) is 37.8 Å². The number of nitrogen functional groups attached to an aromatic ring is 2. The molecule has 1 saturated heterocycles. The molecule has 0 aliphatic carbocycles. The number of rotatable bonds is 10. The molecule has 7 heterocycles. The third kappa shape index (κ3) is 9.93. The molecule has 328 valence electrons. The van der Waals surface area contributed by atoms with Crippen LogP contribution in [0, 0.1) is 11.8 Å². The number of hydrogen-bond acceptors (Lipinski definition) is 13. The van der Waals surface area contributed by atoms with Gasteiger partial charge in [0.15, 0.2) is 24.5 Å². The van der Waals surface area contributed by atoms with Crippen LogP contribution in [0.3, 0.4) is 0 Å². The van der Waals surface area contributed by atoms with Gasteiger partial charge in [0, 0.05) is 47.1 Å². The van der Waals surface area contributed by atoms with Crippen molar-refractivity contribution in [1.82, 2.24) is 54.8 Å². The number of alkyl halides is 6. The van der Waals surface area contributed by atoms with Gasteiger partial charge in [0.1, 0.15) is 35.7 Å². The lowest BCUT2D eigenvalue weighted by Gasteiger charge is -2.22. The average Bonchev–Trinajstić information content (AvgIpc) is 3.81. The van der Waals surface area contributed by atoms with Crippen LogP contribution in [0.1, 0.15) is 26.7 Å². The molecule has 1 aliphatic rings. The van der Waals surface area contributed by atoms with E-state index in [1.165, 1.54) is 24.8 Å². The molecule has 0 atom stereocenters. The maximum absolute atomic E-state index is 12.4. The Kier molecular flexibility index (Phi) is 11.9. The highest BCUT2D eigenvalue weighted by Crippen LogP contribution is 2.35. The van der Waals surface area contributed by atoms with Crippen LogP contribution in [0.5, 0.6) is 11.8 Å². The van der Waals surface area contributed by atoms with E-state index in [1.807, 2.05) is 27.6 Å². The second-order valence-electron chi connectivity index (χ2n) is 15.5. The molecule has 6 aromatic heterocycles. The molecule has 0 amide bonds. The van der Waals surface area contributed by atoms with E-state index in [2.05, 4.69) is 49.1 Å². The highest BCUT2D eigenvalue weighted by atomic mass is 19.4. The number of benzene rings is 2. The molecule has 0 radical (unpaired) electrons. The number of nitrogens with zero attached hydrogens (tertiary/aromatic N) is 10. The molecule has 1 fully saturated rings. The first-order chi connectivity index (χ1) is 30.1. The Morgan fingerprint density at radius 2 is 1.14 bits per heavy atom. The van der Waals surface area contributed by atoms with Gasteiger partial charge in [-0.2, -0.15) is 36.5 Å². The van der Waals surface area contributed by atoms with Gasteiger partial charge < -0.3 is 26.3 Å². The van der Waals surface area contributed by atoms with Crippen molar-refractivity contribution in [3.63, 3.8) is 0 Å². The Bertz CT molecular complexity index is 2910. The molecular formula is C42H41F6N13O2. The zero-order valence-electron chi connectivity index (χ0n) is 34.0. The number of nitrogens with two attached hydrogens (primary N) is 2. The number of ether oxygens (including phenoxy) is 2. The first-order valence-electron chi connectivity index (χ1n) is 19.9.